The third-order valence-corrected chi connectivity index (χ3v) is 5.26. The molecule has 1 amide bonds. The van der Waals surface area contributed by atoms with Crippen molar-refractivity contribution in [1.29, 1.82) is 0 Å². The number of rotatable bonds is 6. The summed E-state index contributed by atoms with van der Waals surface area (Å²) < 4.78 is 6.37. The molecule has 0 atom stereocenters. The van der Waals surface area contributed by atoms with E-state index in [1.54, 1.807) is 23.7 Å². The Hall–Kier alpha value is -3.45. The minimum absolute atomic E-state index is 0.506. The molecule has 6 nitrogen and oxygen atoms in total. The molecule has 0 aliphatic carbocycles. The number of thiophene rings is 1. The Morgan fingerprint density at radius 1 is 1.10 bits per heavy atom. The molecule has 2 aromatic heterocycles. The summed E-state index contributed by atoms with van der Waals surface area (Å²) in [6.07, 6.45) is 1.91. The Balaban J connectivity index is 1.28. The minimum atomic E-state index is -0.506. The number of anilines is 2. The molecule has 0 radical (unpaired) electrons. The van der Waals surface area contributed by atoms with Crippen molar-refractivity contribution in [1.82, 2.24) is 9.97 Å². The van der Waals surface area contributed by atoms with Gasteiger partial charge in [0.05, 0.1) is 10.2 Å². The van der Waals surface area contributed by atoms with E-state index >= 15 is 0 Å². The second kappa shape index (κ2) is 8.70. The molecular weight excluding hydrogens is 384 g/mol. The zero-order valence-electron chi connectivity index (χ0n) is 15.9. The number of hydrogen-bond acceptors (Lipinski definition) is 6. The van der Waals surface area contributed by atoms with Gasteiger partial charge in [0.15, 0.2) is 0 Å². The predicted octanol–water partition coefficient (Wildman–Crippen LogP) is 5.27. The van der Waals surface area contributed by atoms with Gasteiger partial charge in [0, 0.05) is 12.2 Å². The third kappa shape index (κ3) is 4.89. The fraction of sp³-hybridized carbons (Fsp3) is 0.136. The van der Waals surface area contributed by atoms with Gasteiger partial charge in [0.25, 0.3) is 0 Å². The van der Waals surface area contributed by atoms with Crippen LogP contribution in [0.5, 0.6) is 5.75 Å². The average molecular weight is 404 g/mol. The molecule has 0 bridgehead atoms. The van der Waals surface area contributed by atoms with Crippen molar-refractivity contribution in [3.05, 3.63) is 77.4 Å². The summed E-state index contributed by atoms with van der Waals surface area (Å²) in [5, 5.41) is 8.13. The first-order valence-electron chi connectivity index (χ1n) is 9.24. The Kier molecular flexibility index (Phi) is 5.67. The van der Waals surface area contributed by atoms with E-state index in [0.29, 0.717) is 11.4 Å². The Bertz CT molecular complexity index is 1130. The van der Waals surface area contributed by atoms with Gasteiger partial charge >= 0.3 is 6.09 Å². The minimum Gasteiger partial charge on any atom is -0.410 e. The molecule has 2 N–H and O–H groups in total. The van der Waals surface area contributed by atoms with Crippen molar-refractivity contribution < 1.29 is 9.53 Å². The number of amides is 1. The fourth-order valence-corrected chi connectivity index (χ4v) is 3.73. The third-order valence-electron chi connectivity index (χ3n) is 4.35. The normalized spacial score (nSPS) is 10.7. The number of nitrogens with one attached hydrogen (secondary N) is 2. The number of aryl methyl sites for hydroxylation is 1. The van der Waals surface area contributed by atoms with Crippen molar-refractivity contribution in [2.45, 2.75) is 13.3 Å². The average Bonchev–Trinajstić information content (AvgIpc) is 3.19. The standard InChI is InChI=1S/C22H20N4O2S/c1-15-3-2-4-18(13-15)28-22(27)26-17-7-5-16(6-8-17)9-11-23-21-20-19(10-12-29-20)24-14-25-21/h2-8,10,12-14H,9,11H2,1H3,(H,26,27)(H,23,24,25). The molecule has 2 aromatic carbocycles. The lowest BCUT2D eigenvalue weighted by molar-refractivity contribution is 0.215. The van der Waals surface area contributed by atoms with Crippen LogP contribution in [-0.2, 0) is 6.42 Å². The number of hydrogen-bond donors (Lipinski definition) is 2. The molecule has 4 aromatic rings. The Labute approximate surface area is 172 Å². The van der Waals surface area contributed by atoms with Gasteiger partial charge in [-0.3, -0.25) is 5.32 Å². The first-order chi connectivity index (χ1) is 14.2. The van der Waals surface area contributed by atoms with Crippen molar-refractivity contribution in [2.24, 2.45) is 0 Å². The summed E-state index contributed by atoms with van der Waals surface area (Å²) in [5.74, 6) is 1.39. The summed E-state index contributed by atoms with van der Waals surface area (Å²) in [5.41, 5.74) is 3.84. The highest BCUT2D eigenvalue weighted by Crippen LogP contribution is 2.24. The van der Waals surface area contributed by atoms with E-state index in [1.165, 1.54) is 0 Å². The van der Waals surface area contributed by atoms with Crippen molar-refractivity contribution >= 4 is 39.2 Å². The van der Waals surface area contributed by atoms with Crippen LogP contribution in [0.4, 0.5) is 16.3 Å². The van der Waals surface area contributed by atoms with Crippen LogP contribution in [0.2, 0.25) is 0 Å². The molecule has 0 fully saturated rings. The molecule has 0 aliphatic heterocycles. The molecule has 0 spiro atoms. The summed E-state index contributed by atoms with van der Waals surface area (Å²) in [7, 11) is 0. The van der Waals surface area contributed by atoms with Gasteiger partial charge in [-0.1, -0.05) is 24.3 Å². The monoisotopic (exact) mass is 404 g/mol. The van der Waals surface area contributed by atoms with Gasteiger partial charge in [-0.05, 0) is 60.2 Å². The van der Waals surface area contributed by atoms with Crippen molar-refractivity contribution in [3.63, 3.8) is 0 Å². The van der Waals surface area contributed by atoms with E-state index in [1.807, 2.05) is 60.8 Å². The zero-order valence-corrected chi connectivity index (χ0v) is 16.7. The number of fused-ring (bicyclic) bond motifs is 1. The number of aromatic nitrogens is 2. The maximum atomic E-state index is 12.0. The van der Waals surface area contributed by atoms with Gasteiger partial charge < -0.3 is 10.1 Å². The molecule has 0 saturated heterocycles. The summed E-state index contributed by atoms with van der Waals surface area (Å²) in [4.78, 5) is 20.6. The van der Waals surface area contributed by atoms with Crippen LogP contribution < -0.4 is 15.4 Å². The number of carbonyl (C=O) groups is 1. The van der Waals surface area contributed by atoms with Crippen molar-refractivity contribution in [3.8, 4) is 5.75 Å². The quantitative estimate of drug-likeness (QED) is 0.458. The van der Waals surface area contributed by atoms with Crippen LogP contribution in [0, 0.1) is 6.92 Å². The van der Waals surface area contributed by atoms with Gasteiger partial charge in [-0.15, -0.1) is 11.3 Å². The van der Waals surface area contributed by atoms with Crippen LogP contribution in [0.15, 0.2) is 66.3 Å². The molecule has 2 heterocycles. The van der Waals surface area contributed by atoms with E-state index in [0.717, 1.165) is 40.1 Å². The van der Waals surface area contributed by atoms with Gasteiger partial charge in [0.2, 0.25) is 0 Å². The van der Waals surface area contributed by atoms with E-state index in [9.17, 15) is 4.79 Å². The van der Waals surface area contributed by atoms with Crippen LogP contribution in [0.1, 0.15) is 11.1 Å². The van der Waals surface area contributed by atoms with Crippen LogP contribution in [0.25, 0.3) is 10.2 Å². The van der Waals surface area contributed by atoms with Crippen LogP contribution >= 0.6 is 11.3 Å². The smallest absolute Gasteiger partial charge is 0.410 e. The molecule has 4 rings (SSSR count). The highest BCUT2D eigenvalue weighted by atomic mass is 32.1. The molecule has 7 heteroatoms. The summed E-state index contributed by atoms with van der Waals surface area (Å²) in [6.45, 7) is 2.71. The lowest BCUT2D eigenvalue weighted by Gasteiger charge is -2.09. The predicted molar refractivity (Wildman–Crippen MR) is 117 cm³/mol. The number of carbonyl (C=O) groups excluding carboxylic acids is 1. The van der Waals surface area contributed by atoms with Crippen LogP contribution in [0.3, 0.4) is 0 Å². The number of nitrogens with zero attached hydrogens (tertiary/aromatic N) is 2. The summed E-state index contributed by atoms with van der Waals surface area (Å²) in [6, 6.07) is 17.1. The second-order valence-corrected chi connectivity index (χ2v) is 7.48. The maximum absolute atomic E-state index is 12.0. The van der Waals surface area contributed by atoms with E-state index < -0.39 is 6.09 Å². The second-order valence-electron chi connectivity index (χ2n) is 6.56. The fourth-order valence-electron chi connectivity index (χ4n) is 2.92. The number of benzene rings is 2. The maximum Gasteiger partial charge on any atom is 0.417 e. The lowest BCUT2D eigenvalue weighted by atomic mass is 10.1. The molecule has 0 aliphatic rings. The molecule has 0 saturated carbocycles. The highest BCUT2D eigenvalue weighted by molar-refractivity contribution is 7.17. The summed E-state index contributed by atoms with van der Waals surface area (Å²) >= 11 is 1.63. The lowest BCUT2D eigenvalue weighted by Crippen LogP contribution is -2.16. The molecule has 0 unspecified atom stereocenters. The Morgan fingerprint density at radius 2 is 1.97 bits per heavy atom. The largest absolute Gasteiger partial charge is 0.417 e. The zero-order chi connectivity index (χ0) is 20.1. The molecular formula is C22H20N4O2S. The first kappa shape index (κ1) is 18.9. The van der Waals surface area contributed by atoms with E-state index in [2.05, 4.69) is 20.6 Å². The van der Waals surface area contributed by atoms with Gasteiger partial charge in [-0.2, -0.15) is 0 Å². The SMILES string of the molecule is Cc1cccc(OC(=O)Nc2ccc(CCNc3ncnc4ccsc34)cc2)c1. The van der Waals surface area contributed by atoms with Gasteiger partial charge in [0.1, 0.15) is 17.9 Å². The van der Waals surface area contributed by atoms with E-state index in [4.69, 9.17) is 4.74 Å². The Morgan fingerprint density at radius 3 is 2.79 bits per heavy atom. The van der Waals surface area contributed by atoms with E-state index in [-0.39, 0.29) is 0 Å². The van der Waals surface area contributed by atoms with Gasteiger partial charge in [-0.25, -0.2) is 14.8 Å². The highest BCUT2D eigenvalue weighted by Gasteiger charge is 2.06. The van der Waals surface area contributed by atoms with Crippen molar-refractivity contribution in [2.75, 3.05) is 17.2 Å². The molecule has 146 valence electrons. The molecule has 29 heavy (non-hydrogen) atoms. The first-order valence-corrected chi connectivity index (χ1v) is 10.1. The van der Waals surface area contributed by atoms with Crippen LogP contribution in [-0.4, -0.2) is 22.6 Å². The number of ether oxygens (including phenoxy) is 1. The topological polar surface area (TPSA) is 76.1 Å².